The highest BCUT2D eigenvalue weighted by molar-refractivity contribution is 6.74. The summed E-state index contributed by atoms with van der Waals surface area (Å²) >= 11 is 0. The quantitative estimate of drug-likeness (QED) is 0.268. The van der Waals surface area contributed by atoms with Crippen molar-refractivity contribution >= 4 is 30.1 Å². The molecule has 0 bridgehead atoms. The third-order valence-electron chi connectivity index (χ3n) is 10.0. The molecule has 0 spiro atoms. The van der Waals surface area contributed by atoms with Gasteiger partial charge in [-0.2, -0.15) is 0 Å². The van der Waals surface area contributed by atoms with E-state index in [9.17, 15) is 19.8 Å². The maximum Gasteiger partial charge on any atom is 0.263 e. The first-order chi connectivity index (χ1) is 22.2. The summed E-state index contributed by atoms with van der Waals surface area (Å²) in [6.07, 6.45) is 0.588. The van der Waals surface area contributed by atoms with Gasteiger partial charge in [0.25, 0.3) is 11.1 Å². The zero-order valence-electron chi connectivity index (χ0n) is 28.5. The van der Waals surface area contributed by atoms with Crippen molar-refractivity contribution in [3.63, 3.8) is 0 Å². The first-order valence-electron chi connectivity index (χ1n) is 16.5. The predicted molar refractivity (Wildman–Crippen MR) is 184 cm³/mol. The molecule has 2 aliphatic heterocycles. The standard InChI is InChI=1S/C20H30N2O4Si.C15H18N2O3/c1-7-15-16(23)17(26-27(5,6)20(2,3)4)19(25-15)22-12-21-14-11-9-8-10-13(14)18(22)24;1-3-12-9(2)13(18)15(20-12)17-8-16-11-7-5-4-6-10(11)14(17)19/h8-12,15-17,19,23H,7H2,1-6H3;4-9,12-13,15,18H,3H2,1-2H3/t15-,16-,17-,19-;9-,12-,13-,15-/m11/s1. The number of aliphatic hydroxyl groups excluding tert-OH is 2. The number of aliphatic hydroxyl groups is 2. The van der Waals surface area contributed by atoms with Crippen LogP contribution in [0.15, 0.2) is 70.8 Å². The minimum absolute atomic E-state index is 0.00312. The summed E-state index contributed by atoms with van der Waals surface area (Å²) in [5, 5.41) is 22.2. The molecule has 0 unspecified atom stereocenters. The van der Waals surface area contributed by atoms with E-state index in [1.807, 2.05) is 45.0 Å². The Bertz CT molecular complexity index is 1820. The number of hydrogen-bond donors (Lipinski definition) is 2. The van der Waals surface area contributed by atoms with Gasteiger partial charge in [-0.1, -0.05) is 65.8 Å². The SMILES string of the molecule is CC[C@H]1O[C@@H](n2cnc3ccccc3c2=O)[C@H](O)[C@@H]1C.CC[C@H]1O[C@@H](n2cnc3ccccc3c2=O)[C@H](O[Si](C)(C)C(C)(C)C)[C@@H]1O. The minimum Gasteiger partial charge on any atom is -0.407 e. The first-order valence-corrected chi connectivity index (χ1v) is 19.4. The molecule has 0 saturated carbocycles. The van der Waals surface area contributed by atoms with E-state index in [-0.39, 0.29) is 34.3 Å². The van der Waals surface area contributed by atoms with E-state index in [0.717, 1.165) is 6.42 Å². The first kappa shape index (κ1) is 35.1. The summed E-state index contributed by atoms with van der Waals surface area (Å²) in [7, 11) is -2.18. The molecule has 2 aromatic carbocycles. The van der Waals surface area contributed by atoms with Gasteiger partial charge in [0, 0.05) is 5.92 Å². The average Bonchev–Trinajstić information content (AvgIpc) is 3.51. The molecule has 4 aromatic rings. The van der Waals surface area contributed by atoms with Crippen molar-refractivity contribution in [2.75, 3.05) is 0 Å². The monoisotopic (exact) mass is 664 g/mol. The topological polar surface area (TPSA) is 138 Å². The molecule has 11 nitrogen and oxygen atoms in total. The smallest absolute Gasteiger partial charge is 0.263 e. The maximum absolute atomic E-state index is 13.0. The van der Waals surface area contributed by atoms with E-state index < -0.39 is 39.1 Å². The Morgan fingerprint density at radius 2 is 1.26 bits per heavy atom. The Morgan fingerprint density at radius 3 is 1.72 bits per heavy atom. The molecule has 12 heteroatoms. The van der Waals surface area contributed by atoms with Gasteiger partial charge in [0.2, 0.25) is 0 Å². The van der Waals surface area contributed by atoms with Gasteiger partial charge in [0.15, 0.2) is 20.8 Å². The lowest BCUT2D eigenvalue weighted by atomic mass is 9.99. The Hall–Kier alpha value is -3.26. The highest BCUT2D eigenvalue weighted by Crippen LogP contribution is 2.42. The normalized spacial score (nSPS) is 28.0. The maximum atomic E-state index is 13.0. The third kappa shape index (κ3) is 6.72. The van der Waals surface area contributed by atoms with Crippen LogP contribution in [0.1, 0.15) is 66.8 Å². The molecule has 0 amide bonds. The minimum atomic E-state index is -2.18. The number of nitrogens with zero attached hydrogens (tertiary/aromatic N) is 4. The molecule has 0 aliphatic carbocycles. The van der Waals surface area contributed by atoms with Gasteiger partial charge in [-0.15, -0.1) is 0 Å². The van der Waals surface area contributed by atoms with Gasteiger partial charge in [-0.25, -0.2) is 9.97 Å². The van der Waals surface area contributed by atoms with Gasteiger partial charge in [-0.3, -0.25) is 18.7 Å². The van der Waals surface area contributed by atoms with Crippen LogP contribution in [0.3, 0.4) is 0 Å². The summed E-state index contributed by atoms with van der Waals surface area (Å²) in [5.74, 6) is 0.00312. The Kier molecular flexibility index (Phi) is 10.2. The number of fused-ring (bicyclic) bond motifs is 2. The molecule has 2 N–H and O–H groups in total. The van der Waals surface area contributed by atoms with E-state index in [0.29, 0.717) is 28.2 Å². The van der Waals surface area contributed by atoms with Crippen LogP contribution in [0.25, 0.3) is 21.8 Å². The number of benzene rings is 2. The van der Waals surface area contributed by atoms with Crippen LogP contribution >= 0.6 is 0 Å². The van der Waals surface area contributed by atoms with Gasteiger partial charge in [-0.05, 0) is 55.2 Å². The number of ether oxygens (including phenoxy) is 2. The molecule has 2 saturated heterocycles. The molecule has 2 aliphatic rings. The van der Waals surface area contributed by atoms with Crippen molar-refractivity contribution in [1.82, 2.24) is 19.1 Å². The van der Waals surface area contributed by atoms with Crippen LogP contribution in [0.2, 0.25) is 18.1 Å². The number of hydrogen-bond acceptors (Lipinski definition) is 9. The van der Waals surface area contributed by atoms with Crippen LogP contribution < -0.4 is 11.1 Å². The summed E-state index contributed by atoms with van der Waals surface area (Å²) in [5.41, 5.74) is 0.939. The zero-order chi connectivity index (χ0) is 34.3. The molecule has 6 rings (SSSR count). The van der Waals surface area contributed by atoms with Gasteiger partial charge in [0.1, 0.15) is 31.0 Å². The van der Waals surface area contributed by atoms with Crippen LogP contribution in [0.4, 0.5) is 0 Å². The van der Waals surface area contributed by atoms with Crippen LogP contribution in [0.5, 0.6) is 0 Å². The highest BCUT2D eigenvalue weighted by atomic mass is 28.4. The van der Waals surface area contributed by atoms with Crippen molar-refractivity contribution < 1.29 is 24.1 Å². The van der Waals surface area contributed by atoms with Crippen LogP contribution in [-0.2, 0) is 13.9 Å². The number of para-hydroxylation sites is 2. The largest absolute Gasteiger partial charge is 0.407 e. The van der Waals surface area contributed by atoms with E-state index in [2.05, 4.69) is 43.8 Å². The summed E-state index contributed by atoms with van der Waals surface area (Å²) in [6, 6.07) is 14.4. The number of rotatable bonds is 6. The predicted octanol–water partition coefficient (Wildman–Crippen LogP) is 5.16. The van der Waals surface area contributed by atoms with E-state index in [1.165, 1.54) is 21.8 Å². The van der Waals surface area contributed by atoms with Crippen molar-refractivity contribution in [2.24, 2.45) is 5.92 Å². The molecule has 254 valence electrons. The summed E-state index contributed by atoms with van der Waals surface area (Å²) in [6.45, 7) is 16.6. The molecule has 47 heavy (non-hydrogen) atoms. The fourth-order valence-corrected chi connectivity index (χ4v) is 7.30. The lowest BCUT2D eigenvalue weighted by Crippen LogP contribution is -2.49. The molecule has 4 heterocycles. The van der Waals surface area contributed by atoms with E-state index in [1.54, 1.807) is 24.3 Å². The Labute approximate surface area is 276 Å². The second-order valence-electron chi connectivity index (χ2n) is 14.1. The molecule has 2 fully saturated rings. The summed E-state index contributed by atoms with van der Waals surface area (Å²) < 4.78 is 21.3. The molecular formula is C35H48N4O7Si. The average molecular weight is 665 g/mol. The Balaban J connectivity index is 0.000000193. The summed E-state index contributed by atoms with van der Waals surface area (Å²) in [4.78, 5) is 34.2. The molecular weight excluding hydrogens is 616 g/mol. The van der Waals surface area contributed by atoms with E-state index >= 15 is 0 Å². The van der Waals surface area contributed by atoms with Crippen molar-refractivity contribution in [3.05, 3.63) is 81.9 Å². The van der Waals surface area contributed by atoms with E-state index in [4.69, 9.17) is 13.9 Å². The highest BCUT2D eigenvalue weighted by Gasteiger charge is 2.50. The van der Waals surface area contributed by atoms with Gasteiger partial charge >= 0.3 is 0 Å². The molecule has 2 aromatic heterocycles. The lowest BCUT2D eigenvalue weighted by Gasteiger charge is -2.40. The van der Waals surface area contributed by atoms with Gasteiger partial charge in [0.05, 0.1) is 34.0 Å². The second-order valence-corrected chi connectivity index (χ2v) is 18.8. The number of aromatic nitrogens is 4. The van der Waals surface area contributed by atoms with Crippen molar-refractivity contribution in [1.29, 1.82) is 0 Å². The zero-order valence-corrected chi connectivity index (χ0v) is 29.5. The third-order valence-corrected chi connectivity index (χ3v) is 14.5. The van der Waals surface area contributed by atoms with Crippen molar-refractivity contribution in [3.8, 4) is 0 Å². The van der Waals surface area contributed by atoms with Crippen molar-refractivity contribution in [2.45, 2.75) is 115 Å². The fourth-order valence-electron chi connectivity index (χ4n) is 6.01. The lowest BCUT2D eigenvalue weighted by molar-refractivity contribution is -0.0399. The fraction of sp³-hybridized carbons (Fsp3) is 0.543. The van der Waals surface area contributed by atoms with Crippen LogP contribution in [0, 0.1) is 5.92 Å². The second kappa shape index (κ2) is 13.7. The molecule has 8 atom stereocenters. The van der Waals surface area contributed by atoms with Gasteiger partial charge < -0.3 is 24.1 Å². The van der Waals surface area contributed by atoms with Crippen LogP contribution in [-0.4, -0.2) is 68.2 Å². The molecule has 0 radical (unpaired) electrons. The Morgan fingerprint density at radius 1 is 0.787 bits per heavy atom.